The van der Waals surface area contributed by atoms with E-state index < -0.39 is 0 Å². The second-order valence-corrected chi connectivity index (χ2v) is 2.12. The number of carbonyl (C=O) groups is 1. The molecule has 0 aliphatic carbocycles. The van der Waals surface area contributed by atoms with E-state index in [1.807, 2.05) is 6.07 Å². The highest BCUT2D eigenvalue weighted by molar-refractivity contribution is 5.94. The van der Waals surface area contributed by atoms with E-state index in [9.17, 15) is 4.79 Å². The van der Waals surface area contributed by atoms with Crippen molar-refractivity contribution in [3.63, 3.8) is 0 Å². The van der Waals surface area contributed by atoms with Gasteiger partial charge in [0.15, 0.2) is 0 Å². The van der Waals surface area contributed by atoms with Crippen LogP contribution >= 0.6 is 0 Å². The van der Waals surface area contributed by atoms with Crippen molar-refractivity contribution in [1.82, 2.24) is 10.3 Å². The number of nitrogens with zero attached hydrogens (tertiary/aromatic N) is 2. The first-order chi connectivity index (χ1) is 5.77. The summed E-state index contributed by atoms with van der Waals surface area (Å²) in [5.41, 5.74) is 0.695. The number of nitriles is 1. The summed E-state index contributed by atoms with van der Waals surface area (Å²) in [5, 5.41) is 10.9. The highest BCUT2D eigenvalue weighted by Crippen LogP contribution is 1.99. The van der Waals surface area contributed by atoms with Gasteiger partial charge in [0, 0.05) is 18.8 Å². The third kappa shape index (κ3) is 1.58. The van der Waals surface area contributed by atoms with Crippen LogP contribution in [0.1, 0.15) is 16.1 Å². The first kappa shape index (κ1) is 8.21. The smallest absolute Gasteiger partial charge is 0.251 e. The minimum absolute atomic E-state index is 0.214. The Morgan fingerprint density at radius 2 is 2.50 bits per heavy atom. The summed E-state index contributed by atoms with van der Waals surface area (Å²) in [6, 6.07) is 4.85. The summed E-state index contributed by atoms with van der Waals surface area (Å²) in [6.07, 6.45) is 1.43. The van der Waals surface area contributed by atoms with Crippen molar-refractivity contribution in [2.24, 2.45) is 0 Å². The van der Waals surface area contributed by atoms with Crippen LogP contribution in [0.2, 0.25) is 0 Å². The number of amides is 1. The average Bonchev–Trinajstić information content (AvgIpc) is 2.17. The van der Waals surface area contributed by atoms with Crippen molar-refractivity contribution in [1.29, 1.82) is 5.26 Å². The van der Waals surface area contributed by atoms with E-state index in [0.717, 1.165) is 0 Å². The van der Waals surface area contributed by atoms with Crippen LogP contribution in [0.15, 0.2) is 18.3 Å². The molecular formula is C8H7N3O. The van der Waals surface area contributed by atoms with Gasteiger partial charge in [-0.3, -0.25) is 4.79 Å². The summed E-state index contributed by atoms with van der Waals surface area (Å²) in [4.78, 5) is 14.8. The zero-order valence-corrected chi connectivity index (χ0v) is 6.53. The van der Waals surface area contributed by atoms with Crippen molar-refractivity contribution in [2.45, 2.75) is 0 Å². The molecule has 0 aliphatic heterocycles. The summed E-state index contributed by atoms with van der Waals surface area (Å²) in [5.74, 6) is -0.214. The SMILES string of the molecule is CNC(=O)c1ccnc(C#N)c1. The molecule has 0 saturated carbocycles. The van der Waals surface area contributed by atoms with Crippen LogP contribution in [0, 0.1) is 11.3 Å². The zero-order valence-electron chi connectivity index (χ0n) is 6.53. The Labute approximate surface area is 69.8 Å². The predicted octanol–water partition coefficient (Wildman–Crippen LogP) is 0.313. The van der Waals surface area contributed by atoms with Gasteiger partial charge in [0.1, 0.15) is 11.8 Å². The maximum absolute atomic E-state index is 11.0. The van der Waals surface area contributed by atoms with Crippen LogP contribution in [0.5, 0.6) is 0 Å². The number of nitrogens with one attached hydrogen (secondary N) is 1. The van der Waals surface area contributed by atoms with E-state index in [1.165, 1.54) is 19.3 Å². The van der Waals surface area contributed by atoms with Gasteiger partial charge >= 0.3 is 0 Å². The molecule has 1 amide bonds. The lowest BCUT2D eigenvalue weighted by molar-refractivity contribution is 0.0963. The van der Waals surface area contributed by atoms with Crippen molar-refractivity contribution in [3.8, 4) is 6.07 Å². The minimum Gasteiger partial charge on any atom is -0.355 e. The second-order valence-electron chi connectivity index (χ2n) is 2.12. The fraction of sp³-hybridized carbons (Fsp3) is 0.125. The molecule has 0 radical (unpaired) electrons. The first-order valence-corrected chi connectivity index (χ1v) is 3.36. The van der Waals surface area contributed by atoms with Gasteiger partial charge in [-0.05, 0) is 12.1 Å². The standard InChI is InChI=1S/C8H7N3O/c1-10-8(12)6-2-3-11-7(4-6)5-9/h2-4H,1H3,(H,10,12). The van der Waals surface area contributed by atoms with E-state index in [-0.39, 0.29) is 11.6 Å². The number of rotatable bonds is 1. The third-order valence-electron chi connectivity index (χ3n) is 1.36. The summed E-state index contributed by atoms with van der Waals surface area (Å²) < 4.78 is 0. The molecule has 0 unspecified atom stereocenters. The third-order valence-corrected chi connectivity index (χ3v) is 1.36. The van der Waals surface area contributed by atoms with Crippen molar-refractivity contribution in [2.75, 3.05) is 7.05 Å². The molecule has 1 N–H and O–H groups in total. The van der Waals surface area contributed by atoms with Gasteiger partial charge < -0.3 is 5.32 Å². The number of hydrogen-bond acceptors (Lipinski definition) is 3. The molecular weight excluding hydrogens is 154 g/mol. The molecule has 0 bridgehead atoms. The van der Waals surface area contributed by atoms with Crippen LogP contribution < -0.4 is 5.32 Å². The van der Waals surface area contributed by atoms with E-state index in [2.05, 4.69) is 10.3 Å². The lowest BCUT2D eigenvalue weighted by Gasteiger charge is -1.97. The first-order valence-electron chi connectivity index (χ1n) is 3.36. The highest BCUT2D eigenvalue weighted by atomic mass is 16.1. The summed E-state index contributed by atoms with van der Waals surface area (Å²) in [6.45, 7) is 0. The molecule has 1 heterocycles. The largest absolute Gasteiger partial charge is 0.355 e. The van der Waals surface area contributed by atoms with Crippen LogP contribution in [-0.4, -0.2) is 17.9 Å². The molecule has 4 nitrogen and oxygen atoms in total. The second kappa shape index (κ2) is 3.49. The molecule has 0 aromatic carbocycles. The maximum atomic E-state index is 11.0. The van der Waals surface area contributed by atoms with Gasteiger partial charge in [-0.2, -0.15) is 5.26 Å². The number of aromatic nitrogens is 1. The van der Waals surface area contributed by atoms with Gasteiger partial charge in [-0.15, -0.1) is 0 Å². The normalized spacial score (nSPS) is 8.67. The highest BCUT2D eigenvalue weighted by Gasteiger charge is 2.02. The summed E-state index contributed by atoms with van der Waals surface area (Å²) >= 11 is 0. The van der Waals surface area contributed by atoms with E-state index in [4.69, 9.17) is 5.26 Å². The molecule has 0 aliphatic rings. The molecule has 1 aromatic rings. The van der Waals surface area contributed by atoms with Gasteiger partial charge in [0.2, 0.25) is 0 Å². The van der Waals surface area contributed by atoms with Crippen molar-refractivity contribution < 1.29 is 4.79 Å². The van der Waals surface area contributed by atoms with E-state index in [0.29, 0.717) is 5.56 Å². The van der Waals surface area contributed by atoms with Crippen LogP contribution in [-0.2, 0) is 0 Å². The number of pyridine rings is 1. The monoisotopic (exact) mass is 161 g/mol. The zero-order chi connectivity index (χ0) is 8.97. The Morgan fingerprint density at radius 3 is 3.08 bits per heavy atom. The maximum Gasteiger partial charge on any atom is 0.251 e. The molecule has 60 valence electrons. The molecule has 0 fully saturated rings. The lowest BCUT2D eigenvalue weighted by atomic mass is 10.2. The Hall–Kier alpha value is -1.89. The Bertz CT molecular complexity index is 340. The Balaban J connectivity index is 3.04. The number of carbonyl (C=O) groups excluding carboxylic acids is 1. The van der Waals surface area contributed by atoms with Gasteiger partial charge in [-0.1, -0.05) is 0 Å². The number of hydrogen-bond donors (Lipinski definition) is 1. The molecule has 12 heavy (non-hydrogen) atoms. The lowest BCUT2D eigenvalue weighted by Crippen LogP contribution is -2.17. The van der Waals surface area contributed by atoms with Gasteiger partial charge in [0.05, 0.1) is 0 Å². The van der Waals surface area contributed by atoms with Crippen LogP contribution in [0.25, 0.3) is 0 Å². The fourth-order valence-electron chi connectivity index (χ4n) is 0.777. The Morgan fingerprint density at radius 1 is 1.75 bits per heavy atom. The van der Waals surface area contributed by atoms with Gasteiger partial charge in [-0.25, -0.2) is 4.98 Å². The quantitative estimate of drug-likeness (QED) is 0.644. The van der Waals surface area contributed by atoms with E-state index >= 15 is 0 Å². The summed E-state index contributed by atoms with van der Waals surface area (Å²) in [7, 11) is 1.54. The molecule has 1 aromatic heterocycles. The van der Waals surface area contributed by atoms with Gasteiger partial charge in [0.25, 0.3) is 5.91 Å². The minimum atomic E-state index is -0.214. The molecule has 1 rings (SSSR count). The van der Waals surface area contributed by atoms with Crippen molar-refractivity contribution >= 4 is 5.91 Å². The molecule has 0 spiro atoms. The predicted molar refractivity (Wildman–Crippen MR) is 42.3 cm³/mol. The topological polar surface area (TPSA) is 65.8 Å². The molecule has 4 heteroatoms. The average molecular weight is 161 g/mol. The van der Waals surface area contributed by atoms with Crippen molar-refractivity contribution in [3.05, 3.63) is 29.6 Å². The fourth-order valence-corrected chi connectivity index (χ4v) is 0.777. The molecule has 0 atom stereocenters. The van der Waals surface area contributed by atoms with Crippen LogP contribution in [0.4, 0.5) is 0 Å². The Kier molecular flexibility index (Phi) is 2.38. The van der Waals surface area contributed by atoms with Crippen LogP contribution in [0.3, 0.4) is 0 Å². The van der Waals surface area contributed by atoms with E-state index in [1.54, 1.807) is 6.07 Å². The molecule has 0 saturated heterocycles.